The van der Waals surface area contributed by atoms with Gasteiger partial charge in [0.05, 0.1) is 16.0 Å². The van der Waals surface area contributed by atoms with Gasteiger partial charge in [0.2, 0.25) is 5.91 Å². The van der Waals surface area contributed by atoms with Crippen molar-refractivity contribution >= 4 is 28.7 Å². The first-order chi connectivity index (χ1) is 23.1. The van der Waals surface area contributed by atoms with Crippen molar-refractivity contribution in [1.82, 2.24) is 19.8 Å². The van der Waals surface area contributed by atoms with E-state index in [2.05, 4.69) is 10.3 Å². The maximum atomic E-state index is 14.5. The first-order valence-electron chi connectivity index (χ1n) is 15.4. The number of alkyl halides is 3. The molecule has 1 saturated heterocycles. The molecule has 1 fully saturated rings. The fourth-order valence-electron chi connectivity index (χ4n) is 5.88. The second kappa shape index (κ2) is 14.3. The maximum Gasteiger partial charge on any atom is 0.416 e. The molecule has 6 rings (SSSR count). The van der Waals surface area contributed by atoms with Crippen molar-refractivity contribution in [3.05, 3.63) is 130 Å². The summed E-state index contributed by atoms with van der Waals surface area (Å²) in [7, 11) is 0. The molecule has 5 aromatic rings. The Morgan fingerprint density at radius 2 is 1.62 bits per heavy atom. The molecular formula is C36H31F5N4O2S. The van der Waals surface area contributed by atoms with Crippen LogP contribution in [0.5, 0.6) is 0 Å². The number of piperidine rings is 1. The van der Waals surface area contributed by atoms with Gasteiger partial charge in [-0.2, -0.15) is 13.2 Å². The van der Waals surface area contributed by atoms with Gasteiger partial charge in [0.15, 0.2) is 17.1 Å². The van der Waals surface area contributed by atoms with Gasteiger partial charge in [0.25, 0.3) is 0 Å². The van der Waals surface area contributed by atoms with E-state index in [4.69, 9.17) is 0 Å². The monoisotopic (exact) mass is 678 g/mol. The number of rotatable bonds is 9. The summed E-state index contributed by atoms with van der Waals surface area (Å²) in [6.07, 6.45) is -1.41. The molecule has 1 amide bonds. The largest absolute Gasteiger partial charge is 0.416 e. The first kappa shape index (κ1) is 33.4. The molecule has 1 N–H and O–H groups in total. The van der Waals surface area contributed by atoms with E-state index < -0.39 is 23.4 Å². The van der Waals surface area contributed by atoms with Crippen molar-refractivity contribution in [3.8, 4) is 11.1 Å². The Kier molecular flexibility index (Phi) is 9.93. The Morgan fingerprint density at radius 3 is 2.31 bits per heavy atom. The van der Waals surface area contributed by atoms with Crippen molar-refractivity contribution in [2.75, 3.05) is 13.1 Å². The highest BCUT2D eigenvalue weighted by Crippen LogP contribution is 2.32. The molecule has 248 valence electrons. The average Bonchev–Trinajstić information content (AvgIpc) is 3.09. The minimum atomic E-state index is -4.41. The van der Waals surface area contributed by atoms with Gasteiger partial charge in [-0.25, -0.2) is 13.8 Å². The van der Waals surface area contributed by atoms with Gasteiger partial charge in [0.1, 0.15) is 12.2 Å². The lowest BCUT2D eigenvalue weighted by Crippen LogP contribution is -2.47. The molecule has 0 unspecified atom stereocenters. The molecule has 12 heteroatoms. The Balaban J connectivity index is 1.28. The molecular weight excluding hydrogens is 647 g/mol. The van der Waals surface area contributed by atoms with E-state index in [-0.39, 0.29) is 35.2 Å². The molecule has 6 nitrogen and oxygen atoms in total. The number of aromatic nitrogens is 2. The van der Waals surface area contributed by atoms with Crippen molar-refractivity contribution in [1.29, 1.82) is 0 Å². The topological polar surface area (TPSA) is 67.2 Å². The minimum Gasteiger partial charge on any atom is -0.334 e. The van der Waals surface area contributed by atoms with E-state index >= 15 is 0 Å². The number of carbonyl (C=O) groups is 1. The molecule has 1 aliphatic heterocycles. The molecule has 0 atom stereocenters. The van der Waals surface area contributed by atoms with Crippen LogP contribution in [0.15, 0.2) is 101 Å². The van der Waals surface area contributed by atoms with E-state index in [1.54, 1.807) is 16.7 Å². The van der Waals surface area contributed by atoms with Crippen molar-refractivity contribution in [2.45, 2.75) is 48.9 Å². The summed E-state index contributed by atoms with van der Waals surface area (Å²) in [6, 6.07) is 20.9. The van der Waals surface area contributed by atoms with Crippen LogP contribution in [0.2, 0.25) is 0 Å². The van der Waals surface area contributed by atoms with Crippen molar-refractivity contribution in [2.24, 2.45) is 0 Å². The molecule has 1 aliphatic rings. The van der Waals surface area contributed by atoms with Crippen LogP contribution in [0.25, 0.3) is 22.2 Å². The standard InChI is InChI=1S/C36H31F5N4O2S/c37-30-5-1-3-26(34(30)38)22-48-33-19-31(46)29-4-2-16-43-35(29)45(33)21-32(47)44(28-14-17-42-18-15-28)20-23-6-8-24(9-7-23)25-10-12-27(13-11-25)36(39,40)41/h1-13,16,19,28,42H,14-15,17-18,20-22H2. The number of pyridine rings is 2. The molecule has 0 radical (unpaired) electrons. The molecule has 3 heterocycles. The maximum absolute atomic E-state index is 14.5. The Hall–Kier alpha value is -4.55. The Bertz CT molecular complexity index is 1970. The zero-order chi connectivity index (χ0) is 33.8. The third-order valence-electron chi connectivity index (χ3n) is 8.45. The third-order valence-corrected chi connectivity index (χ3v) is 9.54. The molecule has 48 heavy (non-hydrogen) atoms. The molecule has 0 aliphatic carbocycles. The second-order valence-electron chi connectivity index (χ2n) is 11.6. The number of thioether (sulfide) groups is 1. The van der Waals surface area contributed by atoms with E-state index in [9.17, 15) is 31.5 Å². The number of hydrogen-bond acceptors (Lipinski definition) is 5. The third kappa shape index (κ3) is 7.44. The van der Waals surface area contributed by atoms with Gasteiger partial charge < -0.3 is 14.8 Å². The quantitative estimate of drug-likeness (QED) is 0.130. The van der Waals surface area contributed by atoms with Crippen LogP contribution in [-0.4, -0.2) is 39.5 Å². The summed E-state index contributed by atoms with van der Waals surface area (Å²) in [5.41, 5.74) is 1.65. The Morgan fingerprint density at radius 1 is 0.938 bits per heavy atom. The lowest BCUT2D eigenvalue weighted by Gasteiger charge is -2.35. The summed E-state index contributed by atoms with van der Waals surface area (Å²) in [4.78, 5) is 33.5. The fraction of sp³-hybridized carbons (Fsp3) is 0.250. The van der Waals surface area contributed by atoms with Crippen molar-refractivity contribution in [3.63, 3.8) is 0 Å². The highest BCUT2D eigenvalue weighted by atomic mass is 32.2. The van der Waals surface area contributed by atoms with Gasteiger partial charge in [-0.05, 0) is 73.0 Å². The van der Waals surface area contributed by atoms with Crippen LogP contribution in [0.4, 0.5) is 22.0 Å². The Labute approximate surface area is 277 Å². The molecule has 3 aromatic carbocycles. The van der Waals surface area contributed by atoms with Gasteiger partial charge >= 0.3 is 6.18 Å². The predicted molar refractivity (Wildman–Crippen MR) is 175 cm³/mol. The summed E-state index contributed by atoms with van der Waals surface area (Å²) in [6.45, 7) is 1.63. The van der Waals surface area contributed by atoms with Crippen LogP contribution in [0.3, 0.4) is 0 Å². The fourth-order valence-corrected chi connectivity index (χ4v) is 6.90. The zero-order valence-electron chi connectivity index (χ0n) is 25.6. The van der Waals surface area contributed by atoms with Gasteiger partial charge in [0, 0.05) is 36.2 Å². The number of nitrogens with zero attached hydrogens (tertiary/aromatic N) is 3. The second-order valence-corrected chi connectivity index (χ2v) is 12.6. The van der Waals surface area contributed by atoms with E-state index in [0.717, 1.165) is 67.0 Å². The minimum absolute atomic E-state index is 0.0266. The van der Waals surface area contributed by atoms with Gasteiger partial charge in [-0.1, -0.05) is 48.5 Å². The molecule has 0 saturated carbocycles. The number of amides is 1. The lowest BCUT2D eigenvalue weighted by molar-refractivity contribution is -0.137. The summed E-state index contributed by atoms with van der Waals surface area (Å²) < 4.78 is 69.1. The van der Waals surface area contributed by atoms with E-state index in [0.29, 0.717) is 28.2 Å². The number of hydrogen-bond donors (Lipinski definition) is 1. The van der Waals surface area contributed by atoms with Crippen LogP contribution in [0, 0.1) is 11.6 Å². The summed E-state index contributed by atoms with van der Waals surface area (Å²) >= 11 is 1.12. The normalized spacial score (nSPS) is 13.9. The highest BCUT2D eigenvalue weighted by Gasteiger charge is 2.30. The van der Waals surface area contributed by atoms with Crippen molar-refractivity contribution < 1.29 is 26.7 Å². The van der Waals surface area contributed by atoms with Crippen LogP contribution >= 0.6 is 11.8 Å². The average molecular weight is 679 g/mol. The summed E-state index contributed by atoms with van der Waals surface area (Å²) in [5.74, 6) is -2.11. The van der Waals surface area contributed by atoms with Gasteiger partial charge in [-0.3, -0.25) is 9.59 Å². The number of carbonyl (C=O) groups excluding carboxylic acids is 1. The first-order valence-corrected chi connectivity index (χ1v) is 16.4. The number of benzene rings is 3. The summed E-state index contributed by atoms with van der Waals surface area (Å²) in [5, 5.41) is 4.05. The van der Waals surface area contributed by atoms with Crippen LogP contribution < -0.4 is 10.7 Å². The number of halogens is 5. The SMILES string of the molecule is O=C(Cn1c(SCc2cccc(F)c2F)cc(=O)c2cccnc21)N(Cc1ccc(-c2ccc(C(F)(F)F)cc2)cc1)C1CCNCC1. The smallest absolute Gasteiger partial charge is 0.334 e. The highest BCUT2D eigenvalue weighted by molar-refractivity contribution is 7.98. The van der Waals surface area contributed by atoms with Crippen LogP contribution in [-0.2, 0) is 29.8 Å². The molecule has 0 bridgehead atoms. The predicted octanol–water partition coefficient (Wildman–Crippen LogP) is 7.43. The zero-order valence-corrected chi connectivity index (χ0v) is 26.5. The molecule has 2 aromatic heterocycles. The van der Waals surface area contributed by atoms with E-state index in [1.165, 1.54) is 36.5 Å². The van der Waals surface area contributed by atoms with Gasteiger partial charge in [-0.15, -0.1) is 11.8 Å². The lowest BCUT2D eigenvalue weighted by atomic mass is 10.0. The number of fused-ring (bicyclic) bond motifs is 1. The number of nitrogens with one attached hydrogen (secondary N) is 1. The van der Waals surface area contributed by atoms with E-state index in [1.807, 2.05) is 29.2 Å². The van der Waals surface area contributed by atoms with Crippen LogP contribution in [0.1, 0.15) is 29.5 Å². The molecule has 0 spiro atoms.